The maximum Gasteiger partial charge on any atom is 0.299 e. The Morgan fingerprint density at radius 3 is 2.47 bits per heavy atom. The van der Waals surface area contributed by atoms with Crippen LogP contribution in [-0.4, -0.2) is 36.6 Å². The van der Waals surface area contributed by atoms with Crippen molar-refractivity contribution in [2.45, 2.75) is 50.3 Å². The van der Waals surface area contributed by atoms with Crippen LogP contribution in [0.2, 0.25) is 0 Å². The Hall–Kier alpha value is -2.78. The molecule has 34 heavy (non-hydrogen) atoms. The molecule has 8 heteroatoms. The minimum Gasteiger partial charge on any atom is -0.387 e. The van der Waals surface area contributed by atoms with Gasteiger partial charge >= 0.3 is 0 Å². The molecule has 1 fully saturated rings. The topological polar surface area (TPSA) is 103 Å². The summed E-state index contributed by atoms with van der Waals surface area (Å²) in [6, 6.07) is 20.9. The first-order valence-electron chi connectivity index (χ1n) is 11.5. The van der Waals surface area contributed by atoms with Gasteiger partial charge in [-0.25, -0.2) is 0 Å². The van der Waals surface area contributed by atoms with E-state index in [1.807, 2.05) is 48.5 Å². The molecule has 0 unspecified atom stereocenters. The highest BCUT2D eigenvalue weighted by Gasteiger charge is 2.40. The van der Waals surface area contributed by atoms with E-state index in [9.17, 15) is 13.5 Å². The Kier molecular flexibility index (Phi) is 7.33. The molecule has 180 valence electrons. The fourth-order valence-corrected chi connectivity index (χ4v) is 5.27. The molecule has 0 amide bonds. The number of aliphatic hydroxyl groups is 1. The number of rotatable bonds is 11. The summed E-state index contributed by atoms with van der Waals surface area (Å²) in [6.07, 6.45) is 4.24. The lowest BCUT2D eigenvalue weighted by molar-refractivity contribution is 0.160. The van der Waals surface area contributed by atoms with Crippen LogP contribution in [0.15, 0.2) is 79.1 Å². The molecule has 1 aliphatic rings. The van der Waals surface area contributed by atoms with Gasteiger partial charge in [-0.3, -0.25) is 9.71 Å². The Morgan fingerprint density at radius 1 is 1.06 bits per heavy atom. The van der Waals surface area contributed by atoms with Gasteiger partial charge in [0.25, 0.3) is 10.2 Å². The molecule has 2 aromatic carbocycles. The van der Waals surface area contributed by atoms with Crippen molar-refractivity contribution in [2.24, 2.45) is 0 Å². The summed E-state index contributed by atoms with van der Waals surface area (Å²) in [6.45, 7) is 4.55. The lowest BCUT2D eigenvalue weighted by Crippen LogP contribution is -2.43. The van der Waals surface area contributed by atoms with Gasteiger partial charge in [-0.05, 0) is 56.0 Å². The summed E-state index contributed by atoms with van der Waals surface area (Å²) in [5, 5.41) is 13.8. The molecule has 0 saturated heterocycles. The van der Waals surface area contributed by atoms with Crippen LogP contribution >= 0.6 is 0 Å². The van der Waals surface area contributed by atoms with Gasteiger partial charge in [-0.1, -0.05) is 48.5 Å². The van der Waals surface area contributed by atoms with Crippen LogP contribution in [0.4, 0.5) is 5.69 Å². The van der Waals surface area contributed by atoms with E-state index in [0.717, 1.165) is 29.5 Å². The second-order valence-electron chi connectivity index (χ2n) is 9.52. The van der Waals surface area contributed by atoms with Crippen molar-refractivity contribution in [1.29, 1.82) is 0 Å². The average molecular weight is 481 g/mol. The van der Waals surface area contributed by atoms with E-state index in [-0.39, 0.29) is 17.5 Å². The first-order chi connectivity index (χ1) is 16.2. The molecule has 4 rings (SSSR count). The van der Waals surface area contributed by atoms with Crippen LogP contribution in [0.1, 0.15) is 49.0 Å². The van der Waals surface area contributed by atoms with Crippen molar-refractivity contribution >= 4 is 15.9 Å². The van der Waals surface area contributed by atoms with Gasteiger partial charge in [0.05, 0.1) is 6.10 Å². The van der Waals surface area contributed by atoms with Gasteiger partial charge in [0.2, 0.25) is 0 Å². The first-order valence-corrected chi connectivity index (χ1v) is 13.0. The summed E-state index contributed by atoms with van der Waals surface area (Å²) in [4.78, 5) is 4.05. The fourth-order valence-electron chi connectivity index (χ4n) is 4.11. The molecule has 7 nitrogen and oxygen atoms in total. The lowest BCUT2D eigenvalue weighted by Gasteiger charge is -2.28. The van der Waals surface area contributed by atoms with Crippen molar-refractivity contribution in [3.8, 4) is 0 Å². The second-order valence-corrected chi connectivity index (χ2v) is 11.0. The molecular weight excluding hydrogens is 448 g/mol. The highest BCUT2D eigenvalue weighted by molar-refractivity contribution is 7.90. The summed E-state index contributed by atoms with van der Waals surface area (Å²) in [5.74, 6) is 0.228. The van der Waals surface area contributed by atoms with E-state index >= 15 is 0 Å². The highest BCUT2D eigenvalue weighted by atomic mass is 32.2. The summed E-state index contributed by atoms with van der Waals surface area (Å²) >= 11 is 0. The Balaban J connectivity index is 1.27. The third-order valence-electron chi connectivity index (χ3n) is 6.02. The minimum absolute atomic E-state index is 0.0759. The summed E-state index contributed by atoms with van der Waals surface area (Å²) in [5.41, 5.74) is 3.26. The number of nitrogens with zero attached hydrogens (tertiary/aromatic N) is 1. The standard InChI is InChI=1S/C26H32N4O3S/c1-26(2,28-18-25(31)21-9-6-14-27-17-21)16-19-10-12-22(13-11-19)29-34(32,33)30-24-15-23(24)20-7-4-3-5-8-20/h3-14,17,23-25,28-31H,15-16,18H2,1-2H3/t23-,24+,25-/m0/s1. The van der Waals surface area contributed by atoms with Crippen molar-refractivity contribution in [1.82, 2.24) is 15.0 Å². The van der Waals surface area contributed by atoms with E-state index in [0.29, 0.717) is 12.2 Å². The van der Waals surface area contributed by atoms with Crippen LogP contribution in [0.3, 0.4) is 0 Å². The quantitative estimate of drug-likeness (QED) is 0.336. The maximum atomic E-state index is 12.5. The smallest absolute Gasteiger partial charge is 0.299 e. The molecule has 4 N–H and O–H groups in total. The molecule has 3 aromatic rings. The minimum atomic E-state index is -3.65. The van der Waals surface area contributed by atoms with Crippen LogP contribution in [0.25, 0.3) is 0 Å². The molecule has 0 aliphatic heterocycles. The molecule has 1 saturated carbocycles. The predicted molar refractivity (Wildman–Crippen MR) is 135 cm³/mol. The van der Waals surface area contributed by atoms with Crippen LogP contribution < -0.4 is 14.8 Å². The fraction of sp³-hybridized carbons (Fsp3) is 0.346. The number of hydrogen-bond donors (Lipinski definition) is 4. The molecule has 0 spiro atoms. The SMILES string of the molecule is CC(C)(Cc1ccc(NS(=O)(=O)N[C@@H]2C[C@H]2c2ccccc2)cc1)NC[C@H](O)c1cccnc1. The molecule has 0 bridgehead atoms. The number of nitrogens with one attached hydrogen (secondary N) is 3. The zero-order chi connectivity index (χ0) is 24.2. The van der Waals surface area contributed by atoms with E-state index in [4.69, 9.17) is 0 Å². The number of β-amino-alcohol motifs (C(OH)–C–C–N with tert-alkyl or cyclic N) is 1. The third kappa shape index (κ3) is 6.87. The average Bonchev–Trinajstić information content (AvgIpc) is 3.58. The lowest BCUT2D eigenvalue weighted by atomic mass is 9.94. The Morgan fingerprint density at radius 2 is 1.79 bits per heavy atom. The molecular formula is C26H32N4O3S. The van der Waals surface area contributed by atoms with Gasteiger partial charge in [0.15, 0.2) is 0 Å². The molecule has 1 aromatic heterocycles. The monoisotopic (exact) mass is 480 g/mol. The van der Waals surface area contributed by atoms with Gasteiger partial charge < -0.3 is 10.4 Å². The second kappa shape index (κ2) is 10.2. The van der Waals surface area contributed by atoms with Crippen LogP contribution in [0, 0.1) is 0 Å². The van der Waals surface area contributed by atoms with E-state index < -0.39 is 16.3 Å². The van der Waals surface area contributed by atoms with E-state index in [1.54, 1.807) is 30.6 Å². The van der Waals surface area contributed by atoms with Gasteiger partial charge in [-0.15, -0.1) is 0 Å². The number of hydrogen-bond acceptors (Lipinski definition) is 5. The highest BCUT2D eigenvalue weighted by Crippen LogP contribution is 2.41. The molecule has 1 aliphatic carbocycles. The van der Waals surface area contributed by atoms with Gasteiger partial charge in [0.1, 0.15) is 0 Å². The van der Waals surface area contributed by atoms with Gasteiger partial charge in [-0.2, -0.15) is 13.1 Å². The predicted octanol–water partition coefficient (Wildman–Crippen LogP) is 3.53. The third-order valence-corrected chi connectivity index (χ3v) is 7.14. The van der Waals surface area contributed by atoms with Crippen molar-refractivity contribution in [2.75, 3.05) is 11.3 Å². The molecule has 0 radical (unpaired) electrons. The number of benzene rings is 2. The van der Waals surface area contributed by atoms with Crippen molar-refractivity contribution in [3.63, 3.8) is 0 Å². The van der Waals surface area contributed by atoms with Crippen LogP contribution in [0.5, 0.6) is 0 Å². The number of aromatic nitrogens is 1. The zero-order valence-electron chi connectivity index (χ0n) is 19.5. The Bertz CT molecular complexity index is 1170. The van der Waals surface area contributed by atoms with E-state index in [2.05, 4.69) is 33.6 Å². The van der Waals surface area contributed by atoms with Crippen molar-refractivity contribution in [3.05, 3.63) is 95.8 Å². The van der Waals surface area contributed by atoms with Gasteiger partial charge in [0, 0.05) is 47.7 Å². The van der Waals surface area contributed by atoms with Crippen LogP contribution in [-0.2, 0) is 16.6 Å². The number of pyridine rings is 1. The van der Waals surface area contributed by atoms with Crippen molar-refractivity contribution < 1.29 is 13.5 Å². The first kappa shape index (κ1) is 24.3. The molecule has 3 atom stereocenters. The maximum absolute atomic E-state index is 12.5. The zero-order valence-corrected chi connectivity index (χ0v) is 20.3. The van der Waals surface area contributed by atoms with E-state index in [1.165, 1.54) is 0 Å². The number of anilines is 1. The number of aliphatic hydroxyl groups excluding tert-OH is 1. The Labute approximate surface area is 201 Å². The normalized spacial score (nSPS) is 18.9. The summed E-state index contributed by atoms with van der Waals surface area (Å²) < 4.78 is 30.5. The molecule has 1 heterocycles. The summed E-state index contributed by atoms with van der Waals surface area (Å²) in [7, 11) is -3.65. The largest absolute Gasteiger partial charge is 0.387 e.